The number of rotatable bonds is 6. The predicted molar refractivity (Wildman–Crippen MR) is 137 cm³/mol. The van der Waals surface area contributed by atoms with Crippen molar-refractivity contribution in [2.75, 3.05) is 23.7 Å². The molecule has 3 heterocycles. The zero-order valence-electron chi connectivity index (χ0n) is 19.3. The lowest BCUT2D eigenvalue weighted by molar-refractivity contribution is -0.114. The van der Waals surface area contributed by atoms with E-state index >= 15 is 0 Å². The average molecular weight is 530 g/mol. The molecule has 0 radical (unpaired) electrons. The van der Waals surface area contributed by atoms with Crippen molar-refractivity contribution in [3.8, 4) is 0 Å². The lowest BCUT2D eigenvalue weighted by Gasteiger charge is -2.30. The van der Waals surface area contributed by atoms with Gasteiger partial charge in [-0.3, -0.25) is 9.59 Å². The SMILES string of the molecule is CC1=CC=C(C(=O)Nc2cccnc2C(=O)Nc2ccc(Cl)cn2)C(OC2CCNCC2)C1=S(=O)=O. The van der Waals surface area contributed by atoms with Gasteiger partial charge in [0.25, 0.3) is 11.8 Å². The summed E-state index contributed by atoms with van der Waals surface area (Å²) >= 11 is 5.84. The third kappa shape index (κ3) is 6.05. The summed E-state index contributed by atoms with van der Waals surface area (Å²) in [5, 5.41) is 8.94. The van der Waals surface area contributed by atoms with Crippen LogP contribution in [0.1, 0.15) is 30.3 Å². The van der Waals surface area contributed by atoms with E-state index in [4.69, 9.17) is 16.3 Å². The van der Waals surface area contributed by atoms with E-state index in [1.807, 2.05) is 0 Å². The monoisotopic (exact) mass is 529 g/mol. The van der Waals surface area contributed by atoms with Crippen molar-refractivity contribution in [2.24, 2.45) is 0 Å². The van der Waals surface area contributed by atoms with Gasteiger partial charge in [-0.1, -0.05) is 23.8 Å². The molecular formula is C24H24ClN5O5S. The lowest BCUT2D eigenvalue weighted by Crippen LogP contribution is -2.41. The molecule has 36 heavy (non-hydrogen) atoms. The molecule has 10 nitrogen and oxygen atoms in total. The summed E-state index contributed by atoms with van der Waals surface area (Å²) in [6.07, 6.45) is 6.02. The van der Waals surface area contributed by atoms with Gasteiger partial charge in [-0.2, -0.15) is 8.42 Å². The number of pyridine rings is 2. The minimum atomic E-state index is -2.59. The maximum absolute atomic E-state index is 13.4. The summed E-state index contributed by atoms with van der Waals surface area (Å²) in [6.45, 7) is 3.14. The fraction of sp³-hybridized carbons (Fsp3) is 0.292. The molecule has 0 spiro atoms. The Kier molecular flexibility index (Phi) is 8.26. The minimum Gasteiger partial charge on any atom is -0.364 e. The largest absolute Gasteiger partial charge is 0.364 e. The van der Waals surface area contributed by atoms with E-state index in [0.717, 1.165) is 13.1 Å². The molecule has 1 unspecified atom stereocenters. The number of amides is 2. The summed E-state index contributed by atoms with van der Waals surface area (Å²) in [4.78, 5) is 34.4. The Morgan fingerprint density at radius 1 is 1.08 bits per heavy atom. The zero-order valence-corrected chi connectivity index (χ0v) is 20.9. The highest BCUT2D eigenvalue weighted by molar-refractivity contribution is 7.73. The van der Waals surface area contributed by atoms with Gasteiger partial charge < -0.3 is 20.7 Å². The topological polar surface area (TPSA) is 139 Å². The van der Waals surface area contributed by atoms with Crippen molar-refractivity contribution in [3.63, 3.8) is 0 Å². The molecule has 4 rings (SSSR count). The van der Waals surface area contributed by atoms with E-state index in [9.17, 15) is 18.0 Å². The Labute approximate surface area is 214 Å². The fourth-order valence-corrected chi connectivity index (χ4v) is 4.71. The second kappa shape index (κ2) is 11.6. The van der Waals surface area contributed by atoms with E-state index in [1.54, 1.807) is 31.2 Å². The van der Waals surface area contributed by atoms with Crippen LogP contribution in [0, 0.1) is 0 Å². The molecule has 188 valence electrons. The number of piperidine rings is 1. The Balaban J connectivity index is 1.58. The molecule has 1 saturated heterocycles. The lowest BCUT2D eigenvalue weighted by atomic mass is 9.94. The number of aromatic nitrogens is 2. The van der Waals surface area contributed by atoms with Crippen LogP contribution in [0.4, 0.5) is 11.5 Å². The quantitative estimate of drug-likeness (QED) is 0.485. The van der Waals surface area contributed by atoms with Gasteiger partial charge in [0.2, 0.25) is 10.3 Å². The molecule has 1 fully saturated rings. The molecule has 1 aliphatic carbocycles. The molecule has 1 atom stereocenters. The van der Waals surface area contributed by atoms with Crippen LogP contribution in [-0.4, -0.2) is 60.4 Å². The van der Waals surface area contributed by atoms with Crippen LogP contribution in [0.15, 0.2) is 60.0 Å². The molecule has 2 aliphatic rings. The first-order chi connectivity index (χ1) is 17.3. The van der Waals surface area contributed by atoms with Gasteiger partial charge in [0.05, 0.1) is 22.4 Å². The summed E-state index contributed by atoms with van der Waals surface area (Å²) in [5.41, 5.74) is 0.716. The van der Waals surface area contributed by atoms with Crippen LogP contribution in [0.2, 0.25) is 5.02 Å². The maximum atomic E-state index is 13.4. The van der Waals surface area contributed by atoms with E-state index in [2.05, 4.69) is 25.9 Å². The van der Waals surface area contributed by atoms with Crippen LogP contribution in [0.5, 0.6) is 0 Å². The number of nitrogens with one attached hydrogen (secondary N) is 3. The van der Waals surface area contributed by atoms with Gasteiger partial charge in [0, 0.05) is 12.4 Å². The predicted octanol–water partition coefficient (Wildman–Crippen LogP) is 2.40. The molecule has 0 saturated carbocycles. The van der Waals surface area contributed by atoms with Crippen molar-refractivity contribution in [1.82, 2.24) is 15.3 Å². The molecule has 3 N–H and O–H groups in total. The van der Waals surface area contributed by atoms with Crippen LogP contribution < -0.4 is 16.0 Å². The van der Waals surface area contributed by atoms with Gasteiger partial charge in [0.1, 0.15) is 16.8 Å². The molecule has 0 bridgehead atoms. The van der Waals surface area contributed by atoms with Crippen molar-refractivity contribution < 1.29 is 22.7 Å². The number of ether oxygens (including phenoxy) is 1. The highest BCUT2D eigenvalue weighted by Crippen LogP contribution is 2.25. The number of hydrogen-bond donors (Lipinski definition) is 3. The van der Waals surface area contributed by atoms with Crippen molar-refractivity contribution in [2.45, 2.75) is 32.0 Å². The van der Waals surface area contributed by atoms with Gasteiger partial charge in [-0.15, -0.1) is 0 Å². The van der Waals surface area contributed by atoms with Crippen molar-refractivity contribution in [3.05, 3.63) is 70.7 Å². The second-order valence-corrected chi connectivity index (χ2v) is 9.55. The van der Waals surface area contributed by atoms with Crippen LogP contribution in [0.3, 0.4) is 0 Å². The molecular weight excluding hydrogens is 506 g/mol. The van der Waals surface area contributed by atoms with Crippen LogP contribution >= 0.6 is 11.6 Å². The number of hydrogen-bond acceptors (Lipinski definition) is 8. The first-order valence-corrected chi connectivity index (χ1v) is 12.7. The van der Waals surface area contributed by atoms with Gasteiger partial charge in [0.15, 0.2) is 5.69 Å². The number of halogens is 1. The fourth-order valence-electron chi connectivity index (χ4n) is 3.91. The third-order valence-corrected chi connectivity index (χ3v) is 6.84. The smallest absolute Gasteiger partial charge is 0.277 e. The summed E-state index contributed by atoms with van der Waals surface area (Å²) in [7, 11) is -2.59. The molecule has 0 aromatic carbocycles. The van der Waals surface area contributed by atoms with Crippen molar-refractivity contribution in [1.29, 1.82) is 0 Å². The normalized spacial score (nSPS) is 18.2. The number of carbonyl (C=O) groups is 2. The highest BCUT2D eigenvalue weighted by atomic mass is 35.5. The van der Waals surface area contributed by atoms with Gasteiger partial charge in [-0.05, 0) is 62.7 Å². The summed E-state index contributed by atoms with van der Waals surface area (Å²) in [5.74, 6) is -0.938. The number of carbonyl (C=O) groups excluding carboxylic acids is 2. The first-order valence-electron chi connectivity index (χ1n) is 11.2. The highest BCUT2D eigenvalue weighted by Gasteiger charge is 2.34. The van der Waals surface area contributed by atoms with E-state index in [-0.39, 0.29) is 33.7 Å². The minimum absolute atomic E-state index is 0.0131. The Morgan fingerprint density at radius 3 is 2.56 bits per heavy atom. The van der Waals surface area contributed by atoms with Crippen LogP contribution in [-0.2, 0) is 19.8 Å². The maximum Gasteiger partial charge on any atom is 0.277 e. The van der Waals surface area contributed by atoms with Gasteiger partial charge in [-0.25, -0.2) is 9.97 Å². The van der Waals surface area contributed by atoms with E-state index in [1.165, 1.54) is 24.5 Å². The molecule has 2 amide bonds. The first kappa shape index (κ1) is 25.7. The Morgan fingerprint density at radius 2 is 1.86 bits per heavy atom. The second-order valence-electron chi connectivity index (χ2n) is 8.21. The molecule has 1 aliphatic heterocycles. The van der Waals surface area contributed by atoms with Crippen molar-refractivity contribution >= 4 is 50.1 Å². The third-order valence-electron chi connectivity index (χ3n) is 5.72. The number of nitrogens with zero attached hydrogens (tertiary/aromatic N) is 2. The molecule has 2 aromatic rings. The van der Waals surface area contributed by atoms with E-state index < -0.39 is 28.2 Å². The number of allylic oxidation sites excluding steroid dienone is 2. The molecule has 12 heteroatoms. The standard InChI is InChI=1S/C24H24ClN5O5S/c1-14-4-6-17(21(22(14)36(33)34)35-16-8-11-26-12-9-16)23(31)29-18-3-2-10-27-20(18)24(32)30-19-7-5-15(25)13-28-19/h2-7,10,13,16,21,26H,8-9,11-12H2,1H3,(H,29,31)(H,28,30,32). The Bertz CT molecular complexity index is 1360. The zero-order chi connectivity index (χ0) is 25.7. The summed E-state index contributed by atoms with van der Waals surface area (Å²) in [6, 6.07) is 6.21. The number of anilines is 2. The van der Waals surface area contributed by atoms with E-state index in [0.29, 0.717) is 23.4 Å². The Hall–Kier alpha value is -3.38. The average Bonchev–Trinajstić information content (AvgIpc) is 2.86. The van der Waals surface area contributed by atoms with Gasteiger partial charge >= 0.3 is 0 Å². The van der Waals surface area contributed by atoms with Crippen LogP contribution in [0.25, 0.3) is 0 Å². The molecule has 2 aromatic heterocycles. The summed E-state index contributed by atoms with van der Waals surface area (Å²) < 4.78 is 30.3.